The molecule has 0 saturated heterocycles. The molecule has 0 heterocycles. The third-order valence-electron chi connectivity index (χ3n) is 2.81. The lowest BCUT2D eigenvalue weighted by Crippen LogP contribution is -2.25. The molecule has 4 heteroatoms. The molecule has 0 spiro atoms. The van der Waals surface area contributed by atoms with Gasteiger partial charge in [-0.25, -0.2) is 8.42 Å². The van der Waals surface area contributed by atoms with Gasteiger partial charge in [-0.05, 0) is 37.5 Å². The van der Waals surface area contributed by atoms with Crippen molar-refractivity contribution in [2.75, 3.05) is 6.26 Å². The Kier molecular flexibility index (Phi) is 5.56. The normalized spacial score (nSPS) is 13.2. The summed E-state index contributed by atoms with van der Waals surface area (Å²) in [5, 5.41) is 3.39. The molecule has 1 atom stereocenters. The zero-order valence-corrected chi connectivity index (χ0v) is 11.8. The Morgan fingerprint density at radius 3 is 2.44 bits per heavy atom. The minimum atomic E-state index is -3.09. The Morgan fingerprint density at radius 1 is 1.33 bits per heavy atom. The van der Waals surface area contributed by atoms with Gasteiger partial charge in [-0.3, -0.25) is 0 Å². The predicted octanol–water partition coefficient (Wildman–Crippen LogP) is 2.53. The van der Waals surface area contributed by atoms with Crippen molar-refractivity contribution >= 4 is 9.84 Å². The predicted molar refractivity (Wildman–Crippen MR) is 75.3 cm³/mol. The smallest absolute Gasteiger partial charge is 0.175 e. The molecule has 0 amide bonds. The van der Waals surface area contributed by atoms with Crippen LogP contribution >= 0.6 is 0 Å². The van der Waals surface area contributed by atoms with Gasteiger partial charge in [0.2, 0.25) is 0 Å². The maximum atomic E-state index is 11.3. The number of hydrogen-bond acceptors (Lipinski definition) is 3. The molecule has 100 valence electrons. The van der Waals surface area contributed by atoms with E-state index in [2.05, 4.69) is 18.8 Å². The second-order valence-electron chi connectivity index (χ2n) is 4.56. The Bertz CT molecular complexity index is 477. The maximum Gasteiger partial charge on any atom is 0.175 e. The SMILES string of the molecule is C=CCCC(C)NCc1ccc(S(C)(=O)=O)cc1. The topological polar surface area (TPSA) is 46.2 Å². The highest BCUT2D eigenvalue weighted by atomic mass is 32.2. The van der Waals surface area contributed by atoms with Crippen molar-refractivity contribution in [3.8, 4) is 0 Å². The largest absolute Gasteiger partial charge is 0.310 e. The van der Waals surface area contributed by atoms with Crippen molar-refractivity contribution in [2.45, 2.75) is 37.2 Å². The Balaban J connectivity index is 2.52. The van der Waals surface area contributed by atoms with Crippen LogP contribution in [0.25, 0.3) is 0 Å². The van der Waals surface area contributed by atoms with Crippen LogP contribution in [0.15, 0.2) is 41.8 Å². The summed E-state index contributed by atoms with van der Waals surface area (Å²) in [6.07, 6.45) is 5.20. The van der Waals surface area contributed by atoms with Gasteiger partial charge in [-0.2, -0.15) is 0 Å². The monoisotopic (exact) mass is 267 g/mol. The van der Waals surface area contributed by atoms with Crippen LogP contribution in [0, 0.1) is 0 Å². The minimum Gasteiger partial charge on any atom is -0.310 e. The minimum absolute atomic E-state index is 0.367. The molecular weight excluding hydrogens is 246 g/mol. The quantitative estimate of drug-likeness (QED) is 0.772. The van der Waals surface area contributed by atoms with E-state index in [9.17, 15) is 8.42 Å². The van der Waals surface area contributed by atoms with Gasteiger partial charge in [0.25, 0.3) is 0 Å². The molecule has 1 rings (SSSR count). The Hall–Kier alpha value is -1.13. The van der Waals surface area contributed by atoms with Crippen LogP contribution < -0.4 is 5.32 Å². The van der Waals surface area contributed by atoms with Crippen molar-refractivity contribution in [3.63, 3.8) is 0 Å². The molecule has 0 aliphatic rings. The average Bonchev–Trinajstić information content (AvgIpc) is 2.33. The summed E-state index contributed by atoms with van der Waals surface area (Å²) in [7, 11) is -3.09. The van der Waals surface area contributed by atoms with Gasteiger partial charge in [0, 0.05) is 18.8 Å². The summed E-state index contributed by atoms with van der Waals surface area (Å²) in [4.78, 5) is 0.367. The van der Waals surface area contributed by atoms with Crippen molar-refractivity contribution < 1.29 is 8.42 Å². The fraction of sp³-hybridized carbons (Fsp3) is 0.429. The molecule has 0 radical (unpaired) electrons. The summed E-state index contributed by atoms with van der Waals surface area (Å²) in [6.45, 7) is 6.58. The van der Waals surface area contributed by atoms with Crippen LogP contribution in [0.4, 0.5) is 0 Å². The average molecular weight is 267 g/mol. The number of benzene rings is 1. The van der Waals surface area contributed by atoms with Gasteiger partial charge >= 0.3 is 0 Å². The molecule has 0 fully saturated rings. The van der Waals surface area contributed by atoms with Gasteiger partial charge in [-0.1, -0.05) is 18.2 Å². The second kappa shape index (κ2) is 6.71. The standard InChI is InChI=1S/C14H21NO2S/c1-4-5-6-12(2)15-11-13-7-9-14(10-8-13)18(3,16)17/h4,7-10,12,15H,1,5-6,11H2,2-3H3. The number of hydrogen-bond donors (Lipinski definition) is 1. The summed E-state index contributed by atoms with van der Waals surface area (Å²) in [5.74, 6) is 0. The highest BCUT2D eigenvalue weighted by Crippen LogP contribution is 2.10. The van der Waals surface area contributed by atoms with E-state index in [4.69, 9.17) is 0 Å². The van der Waals surface area contributed by atoms with Crippen LogP contribution in [-0.4, -0.2) is 20.7 Å². The third-order valence-corrected chi connectivity index (χ3v) is 3.94. The van der Waals surface area contributed by atoms with Crippen LogP contribution in [0.1, 0.15) is 25.3 Å². The van der Waals surface area contributed by atoms with Gasteiger partial charge in [0.1, 0.15) is 0 Å². The number of sulfone groups is 1. The number of rotatable bonds is 7. The molecule has 3 nitrogen and oxygen atoms in total. The summed E-state index contributed by atoms with van der Waals surface area (Å²) in [5.41, 5.74) is 1.09. The molecule has 0 aromatic heterocycles. The maximum absolute atomic E-state index is 11.3. The van der Waals surface area contributed by atoms with Crippen molar-refractivity contribution in [2.24, 2.45) is 0 Å². The zero-order chi connectivity index (χ0) is 13.6. The van der Waals surface area contributed by atoms with E-state index in [0.29, 0.717) is 10.9 Å². The zero-order valence-electron chi connectivity index (χ0n) is 11.0. The highest BCUT2D eigenvalue weighted by molar-refractivity contribution is 7.90. The van der Waals surface area contributed by atoms with Crippen molar-refractivity contribution in [1.29, 1.82) is 0 Å². The molecule has 18 heavy (non-hydrogen) atoms. The van der Waals surface area contributed by atoms with E-state index < -0.39 is 9.84 Å². The molecule has 1 unspecified atom stereocenters. The summed E-state index contributed by atoms with van der Waals surface area (Å²) < 4.78 is 22.6. The summed E-state index contributed by atoms with van der Waals surface area (Å²) in [6, 6.07) is 7.44. The molecule has 1 N–H and O–H groups in total. The molecule has 0 saturated carbocycles. The van der Waals surface area contributed by atoms with Gasteiger partial charge in [0.15, 0.2) is 9.84 Å². The first-order chi connectivity index (χ1) is 8.43. The lowest BCUT2D eigenvalue weighted by Gasteiger charge is -2.12. The third kappa shape index (κ3) is 5.02. The van der Waals surface area contributed by atoms with Gasteiger partial charge in [0.05, 0.1) is 4.90 Å². The second-order valence-corrected chi connectivity index (χ2v) is 6.58. The summed E-state index contributed by atoms with van der Waals surface area (Å²) >= 11 is 0. The number of allylic oxidation sites excluding steroid dienone is 1. The first kappa shape index (κ1) is 14.9. The first-order valence-electron chi connectivity index (χ1n) is 6.06. The van der Waals surface area contributed by atoms with E-state index in [1.165, 1.54) is 6.26 Å². The highest BCUT2D eigenvalue weighted by Gasteiger charge is 2.06. The van der Waals surface area contributed by atoms with E-state index in [-0.39, 0.29) is 0 Å². The lowest BCUT2D eigenvalue weighted by atomic mass is 10.1. The van der Waals surface area contributed by atoms with Crippen LogP contribution in [0.3, 0.4) is 0 Å². The Labute approximate surface area is 110 Å². The fourth-order valence-electron chi connectivity index (χ4n) is 1.62. The van der Waals surface area contributed by atoms with E-state index in [1.807, 2.05) is 18.2 Å². The Morgan fingerprint density at radius 2 is 1.94 bits per heavy atom. The van der Waals surface area contributed by atoms with E-state index in [1.54, 1.807) is 12.1 Å². The van der Waals surface area contributed by atoms with Crippen LogP contribution in [0.5, 0.6) is 0 Å². The van der Waals surface area contributed by atoms with Gasteiger partial charge in [-0.15, -0.1) is 6.58 Å². The molecule has 0 aliphatic carbocycles. The number of nitrogens with one attached hydrogen (secondary N) is 1. The van der Waals surface area contributed by atoms with Crippen LogP contribution in [0.2, 0.25) is 0 Å². The fourth-order valence-corrected chi connectivity index (χ4v) is 2.25. The van der Waals surface area contributed by atoms with Crippen LogP contribution in [-0.2, 0) is 16.4 Å². The molecule has 1 aromatic carbocycles. The molecular formula is C14H21NO2S. The van der Waals surface area contributed by atoms with E-state index >= 15 is 0 Å². The molecule has 0 bridgehead atoms. The van der Waals surface area contributed by atoms with E-state index in [0.717, 1.165) is 24.9 Å². The van der Waals surface area contributed by atoms with Crippen molar-refractivity contribution in [1.82, 2.24) is 5.32 Å². The molecule has 0 aliphatic heterocycles. The van der Waals surface area contributed by atoms with Gasteiger partial charge < -0.3 is 5.32 Å². The lowest BCUT2D eigenvalue weighted by molar-refractivity contribution is 0.518. The molecule has 1 aromatic rings. The van der Waals surface area contributed by atoms with Crippen molar-refractivity contribution in [3.05, 3.63) is 42.5 Å². The first-order valence-corrected chi connectivity index (χ1v) is 7.96.